The molecule has 0 bridgehead atoms. The van der Waals surface area contributed by atoms with Crippen LogP contribution in [0, 0.1) is 16.0 Å². The van der Waals surface area contributed by atoms with Crippen molar-refractivity contribution in [2.45, 2.75) is 25.2 Å². The van der Waals surface area contributed by atoms with Crippen molar-refractivity contribution in [3.05, 3.63) is 52.6 Å². The molecule has 0 aliphatic rings. The molecule has 0 atom stereocenters. The fraction of sp³-hybridized carbons (Fsp3) is 0.235. The number of benzene rings is 2. The van der Waals surface area contributed by atoms with Crippen molar-refractivity contribution in [3.8, 4) is 0 Å². The molecule has 0 aromatic heterocycles. The zero-order valence-electron chi connectivity index (χ0n) is 14.8. The van der Waals surface area contributed by atoms with Gasteiger partial charge in [-0.2, -0.15) is 0 Å². The quantitative estimate of drug-likeness (QED) is 0.488. The molecule has 4 N–H and O–H groups in total. The van der Waals surface area contributed by atoms with E-state index in [1.807, 2.05) is 13.8 Å². The summed E-state index contributed by atoms with van der Waals surface area (Å²) in [7, 11) is -4.05. The number of rotatable bonds is 7. The van der Waals surface area contributed by atoms with E-state index in [1.54, 1.807) is 24.3 Å². The molecule has 0 unspecified atom stereocenters. The van der Waals surface area contributed by atoms with Gasteiger partial charge in [0, 0.05) is 23.9 Å². The molecule has 0 aliphatic heterocycles. The van der Waals surface area contributed by atoms with Crippen LogP contribution in [0.1, 0.15) is 20.3 Å². The Morgan fingerprint density at radius 2 is 1.74 bits per heavy atom. The zero-order chi connectivity index (χ0) is 20.2. The van der Waals surface area contributed by atoms with Crippen LogP contribution < -0.4 is 15.8 Å². The van der Waals surface area contributed by atoms with E-state index in [2.05, 4.69) is 10.6 Å². The minimum Gasteiger partial charge on any atom is -0.350 e. The van der Waals surface area contributed by atoms with Crippen LogP contribution in [0.5, 0.6) is 0 Å². The Labute approximate surface area is 156 Å². The average Bonchev–Trinajstić information content (AvgIpc) is 2.55. The van der Waals surface area contributed by atoms with Crippen LogP contribution in [0.3, 0.4) is 0 Å². The van der Waals surface area contributed by atoms with Gasteiger partial charge >= 0.3 is 0 Å². The predicted octanol–water partition coefficient (Wildman–Crippen LogP) is 2.97. The van der Waals surface area contributed by atoms with Crippen molar-refractivity contribution < 1.29 is 18.1 Å². The monoisotopic (exact) mass is 392 g/mol. The summed E-state index contributed by atoms with van der Waals surface area (Å²) in [6.45, 7) is 3.89. The van der Waals surface area contributed by atoms with Crippen LogP contribution >= 0.6 is 0 Å². The Kier molecular flexibility index (Phi) is 6.13. The van der Waals surface area contributed by atoms with Gasteiger partial charge in [-0.3, -0.25) is 14.9 Å². The number of primary sulfonamides is 1. The number of nitro benzene ring substituents is 1. The van der Waals surface area contributed by atoms with Crippen LogP contribution in [0.2, 0.25) is 0 Å². The SMILES string of the molecule is CC(C)CC(=O)Nc1ccc(Nc2ccc(S(N)(=O)=O)cc2[N+](=O)[O-])cc1. The van der Waals surface area contributed by atoms with Gasteiger partial charge in [-0.05, 0) is 42.3 Å². The highest BCUT2D eigenvalue weighted by atomic mass is 32.2. The molecule has 0 saturated heterocycles. The van der Waals surface area contributed by atoms with Crippen molar-refractivity contribution in [2.24, 2.45) is 11.1 Å². The van der Waals surface area contributed by atoms with E-state index in [4.69, 9.17) is 5.14 Å². The first-order valence-electron chi connectivity index (χ1n) is 8.04. The molecule has 0 radical (unpaired) electrons. The van der Waals surface area contributed by atoms with Crippen LogP contribution in [-0.4, -0.2) is 19.2 Å². The molecule has 2 aromatic carbocycles. The molecule has 2 aromatic rings. The van der Waals surface area contributed by atoms with Crippen molar-refractivity contribution in [1.29, 1.82) is 0 Å². The molecule has 0 heterocycles. The normalized spacial score (nSPS) is 11.3. The van der Waals surface area contributed by atoms with E-state index >= 15 is 0 Å². The first-order valence-corrected chi connectivity index (χ1v) is 9.59. The van der Waals surface area contributed by atoms with Gasteiger partial charge in [0.1, 0.15) is 5.69 Å². The maximum absolute atomic E-state index is 11.8. The molecular formula is C17H20N4O5S. The number of amides is 1. The lowest BCUT2D eigenvalue weighted by atomic mass is 10.1. The number of nitro groups is 1. The molecule has 144 valence electrons. The molecule has 0 spiro atoms. The Balaban J connectivity index is 2.19. The van der Waals surface area contributed by atoms with Gasteiger partial charge in [0.05, 0.1) is 9.82 Å². The molecule has 2 rings (SSSR count). The third kappa shape index (κ3) is 5.76. The van der Waals surface area contributed by atoms with Gasteiger partial charge < -0.3 is 10.6 Å². The summed E-state index contributed by atoms with van der Waals surface area (Å²) in [6.07, 6.45) is 0.405. The van der Waals surface area contributed by atoms with Crippen LogP contribution in [0.4, 0.5) is 22.7 Å². The minimum absolute atomic E-state index is 0.0973. The summed E-state index contributed by atoms with van der Waals surface area (Å²) < 4.78 is 22.7. The molecule has 0 saturated carbocycles. The summed E-state index contributed by atoms with van der Waals surface area (Å²) in [5, 5.41) is 21.9. The van der Waals surface area contributed by atoms with E-state index in [-0.39, 0.29) is 22.4 Å². The highest BCUT2D eigenvalue weighted by molar-refractivity contribution is 7.89. The Morgan fingerprint density at radius 1 is 1.15 bits per heavy atom. The molecule has 0 fully saturated rings. The summed E-state index contributed by atoms with van der Waals surface area (Å²) in [6, 6.07) is 9.96. The number of nitrogens with one attached hydrogen (secondary N) is 2. The van der Waals surface area contributed by atoms with Crippen LogP contribution in [-0.2, 0) is 14.8 Å². The number of hydrogen-bond acceptors (Lipinski definition) is 6. The number of nitrogens with zero attached hydrogens (tertiary/aromatic N) is 1. The maximum Gasteiger partial charge on any atom is 0.294 e. The van der Waals surface area contributed by atoms with E-state index in [0.29, 0.717) is 17.8 Å². The van der Waals surface area contributed by atoms with Gasteiger partial charge in [0.15, 0.2) is 0 Å². The first-order chi connectivity index (χ1) is 12.6. The van der Waals surface area contributed by atoms with Crippen LogP contribution in [0.25, 0.3) is 0 Å². The van der Waals surface area contributed by atoms with E-state index in [0.717, 1.165) is 6.07 Å². The number of anilines is 3. The number of hydrogen-bond donors (Lipinski definition) is 3. The van der Waals surface area contributed by atoms with Crippen molar-refractivity contribution >= 4 is 38.7 Å². The number of carbonyl (C=O) groups is 1. The Morgan fingerprint density at radius 3 is 2.26 bits per heavy atom. The van der Waals surface area contributed by atoms with Gasteiger partial charge in [-0.1, -0.05) is 13.8 Å². The molecule has 0 aliphatic carbocycles. The fourth-order valence-corrected chi connectivity index (χ4v) is 2.85. The van der Waals surface area contributed by atoms with Gasteiger partial charge in [0.2, 0.25) is 15.9 Å². The van der Waals surface area contributed by atoms with Crippen molar-refractivity contribution in [2.75, 3.05) is 10.6 Å². The summed E-state index contributed by atoms with van der Waals surface area (Å²) in [4.78, 5) is 22.0. The topological polar surface area (TPSA) is 144 Å². The van der Waals surface area contributed by atoms with E-state index in [9.17, 15) is 23.3 Å². The maximum atomic E-state index is 11.8. The zero-order valence-corrected chi connectivity index (χ0v) is 15.6. The Hall–Kier alpha value is -2.98. The predicted molar refractivity (Wildman–Crippen MR) is 102 cm³/mol. The lowest BCUT2D eigenvalue weighted by Gasteiger charge is -2.10. The third-order valence-electron chi connectivity index (χ3n) is 3.54. The first kappa shape index (κ1) is 20.3. The molecule has 10 heteroatoms. The highest BCUT2D eigenvalue weighted by Crippen LogP contribution is 2.30. The average molecular weight is 392 g/mol. The van der Waals surface area contributed by atoms with Crippen LogP contribution in [0.15, 0.2) is 47.4 Å². The lowest BCUT2D eigenvalue weighted by molar-refractivity contribution is -0.384. The second-order valence-electron chi connectivity index (χ2n) is 6.33. The number of nitrogens with two attached hydrogens (primary N) is 1. The second-order valence-corrected chi connectivity index (χ2v) is 7.89. The molecule has 27 heavy (non-hydrogen) atoms. The van der Waals surface area contributed by atoms with E-state index in [1.165, 1.54) is 12.1 Å². The standard InChI is InChI=1S/C17H20N4O5S/c1-11(2)9-17(22)20-13-5-3-12(4-6-13)19-15-8-7-14(27(18,25)26)10-16(15)21(23)24/h3-8,10-11,19H,9H2,1-2H3,(H,20,22)(H2,18,25,26). The smallest absolute Gasteiger partial charge is 0.294 e. The van der Waals surface area contributed by atoms with E-state index < -0.39 is 20.6 Å². The van der Waals surface area contributed by atoms with Gasteiger partial charge in [0.25, 0.3) is 5.69 Å². The summed E-state index contributed by atoms with van der Waals surface area (Å²) in [5.41, 5.74) is 0.827. The molecular weight excluding hydrogens is 372 g/mol. The molecule has 1 amide bonds. The summed E-state index contributed by atoms with van der Waals surface area (Å²) in [5.74, 6) is 0.145. The minimum atomic E-state index is -4.05. The highest BCUT2D eigenvalue weighted by Gasteiger charge is 2.19. The largest absolute Gasteiger partial charge is 0.350 e. The number of sulfonamides is 1. The fourth-order valence-electron chi connectivity index (χ4n) is 2.32. The van der Waals surface area contributed by atoms with Crippen molar-refractivity contribution in [3.63, 3.8) is 0 Å². The summed E-state index contributed by atoms with van der Waals surface area (Å²) >= 11 is 0. The molecule has 9 nitrogen and oxygen atoms in total. The Bertz CT molecular complexity index is 956. The third-order valence-corrected chi connectivity index (χ3v) is 4.45. The number of carbonyl (C=O) groups excluding carboxylic acids is 1. The van der Waals surface area contributed by atoms with Gasteiger partial charge in [-0.15, -0.1) is 0 Å². The van der Waals surface area contributed by atoms with Crippen molar-refractivity contribution in [1.82, 2.24) is 0 Å². The second kappa shape index (κ2) is 8.14. The van der Waals surface area contributed by atoms with Gasteiger partial charge in [-0.25, -0.2) is 13.6 Å². The lowest BCUT2D eigenvalue weighted by Crippen LogP contribution is -2.13.